The molecule has 1 N–H and O–H groups in total. The molecule has 0 spiro atoms. The van der Waals surface area contributed by atoms with Crippen molar-refractivity contribution < 1.29 is 9.13 Å². The Morgan fingerprint density at radius 3 is 2.85 bits per heavy atom. The highest BCUT2D eigenvalue weighted by molar-refractivity contribution is 5.45. The topological polar surface area (TPSA) is 39.1 Å². The van der Waals surface area contributed by atoms with E-state index in [2.05, 4.69) is 17.2 Å². The van der Waals surface area contributed by atoms with E-state index in [-0.39, 0.29) is 11.6 Å². The molecule has 108 valence electrons. The Kier molecular flexibility index (Phi) is 4.61. The van der Waals surface area contributed by atoms with Gasteiger partial charge in [-0.2, -0.15) is 0 Å². The van der Waals surface area contributed by atoms with Crippen molar-refractivity contribution in [1.29, 1.82) is 0 Å². The Hall–Kier alpha value is -2.04. The second-order valence-electron chi connectivity index (χ2n) is 4.68. The minimum atomic E-state index is -0.379. The number of imidazole rings is 1. The summed E-state index contributed by atoms with van der Waals surface area (Å²) in [5.74, 6) is 0.599. The number of benzene rings is 1. The van der Waals surface area contributed by atoms with Crippen molar-refractivity contribution in [3.63, 3.8) is 0 Å². The maximum Gasteiger partial charge on any atom is 0.207 e. The zero-order valence-electron chi connectivity index (χ0n) is 12.1. The third-order valence-electron chi connectivity index (χ3n) is 3.05. The Morgan fingerprint density at radius 2 is 2.20 bits per heavy atom. The lowest BCUT2D eigenvalue weighted by Crippen LogP contribution is -2.07. The van der Waals surface area contributed by atoms with E-state index >= 15 is 0 Å². The molecular formula is C15H20FN3O. The highest BCUT2D eigenvalue weighted by atomic mass is 19.1. The number of halogens is 1. The maximum absolute atomic E-state index is 13.8. The van der Waals surface area contributed by atoms with Crippen LogP contribution in [0.1, 0.15) is 25.5 Å². The fraction of sp³-hybridized carbons (Fsp3) is 0.400. The van der Waals surface area contributed by atoms with Gasteiger partial charge in [-0.15, -0.1) is 0 Å². The average molecular weight is 277 g/mol. The van der Waals surface area contributed by atoms with Crippen LogP contribution in [-0.4, -0.2) is 23.2 Å². The normalized spacial score (nSPS) is 10.6. The van der Waals surface area contributed by atoms with E-state index in [1.807, 2.05) is 23.8 Å². The first-order valence-electron chi connectivity index (χ1n) is 6.79. The molecule has 0 radical (unpaired) electrons. The first-order valence-corrected chi connectivity index (χ1v) is 6.79. The smallest absolute Gasteiger partial charge is 0.207 e. The highest BCUT2D eigenvalue weighted by Gasteiger charge is 2.10. The van der Waals surface area contributed by atoms with Gasteiger partial charge >= 0.3 is 0 Å². The van der Waals surface area contributed by atoms with Gasteiger partial charge in [0.15, 0.2) is 11.6 Å². The quantitative estimate of drug-likeness (QED) is 0.821. The van der Waals surface area contributed by atoms with E-state index < -0.39 is 0 Å². The minimum absolute atomic E-state index is 0.242. The van der Waals surface area contributed by atoms with Gasteiger partial charge in [-0.3, -0.25) is 4.57 Å². The van der Waals surface area contributed by atoms with Crippen LogP contribution >= 0.6 is 0 Å². The summed E-state index contributed by atoms with van der Waals surface area (Å²) in [5.41, 5.74) is 1.61. The molecule has 0 amide bonds. The van der Waals surface area contributed by atoms with Gasteiger partial charge in [0.2, 0.25) is 5.95 Å². The fourth-order valence-electron chi connectivity index (χ4n) is 2.00. The Labute approximate surface area is 118 Å². The summed E-state index contributed by atoms with van der Waals surface area (Å²) in [6, 6.07) is 4.88. The Bertz CT molecular complexity index is 580. The van der Waals surface area contributed by atoms with E-state index in [0.29, 0.717) is 0 Å². The molecule has 0 aliphatic carbocycles. The molecule has 0 aliphatic heterocycles. The van der Waals surface area contributed by atoms with Gasteiger partial charge in [0, 0.05) is 18.8 Å². The molecule has 0 atom stereocenters. The van der Waals surface area contributed by atoms with Gasteiger partial charge in [0.1, 0.15) is 0 Å². The lowest BCUT2D eigenvalue weighted by molar-refractivity contribution is 0.386. The van der Waals surface area contributed by atoms with Crippen LogP contribution in [0.25, 0.3) is 5.69 Å². The number of methoxy groups -OCH3 is 1. The summed E-state index contributed by atoms with van der Waals surface area (Å²) in [4.78, 5) is 4.43. The predicted molar refractivity (Wildman–Crippen MR) is 78.2 cm³/mol. The van der Waals surface area contributed by atoms with Crippen molar-refractivity contribution in [2.45, 2.75) is 26.7 Å². The summed E-state index contributed by atoms with van der Waals surface area (Å²) in [7, 11) is 1.46. The Balaban J connectivity index is 2.29. The first kappa shape index (κ1) is 14.4. The molecule has 1 heterocycles. The molecule has 0 aliphatic rings. The van der Waals surface area contributed by atoms with E-state index in [1.165, 1.54) is 13.2 Å². The molecule has 1 aromatic carbocycles. The Morgan fingerprint density at radius 1 is 1.40 bits per heavy atom. The number of hydrogen-bond donors (Lipinski definition) is 1. The molecule has 0 unspecified atom stereocenters. The molecule has 2 rings (SSSR count). The first-order chi connectivity index (χ1) is 9.65. The standard InChI is InChI=1S/C15H20FN3O/c1-4-5-8-17-15-18-11(2)10-19(15)12-6-7-14(20-3)13(16)9-12/h6-7,9-10H,4-5,8H2,1-3H3,(H,17,18). The summed E-state index contributed by atoms with van der Waals surface area (Å²) < 4.78 is 20.6. The van der Waals surface area contributed by atoms with E-state index in [9.17, 15) is 4.39 Å². The summed E-state index contributed by atoms with van der Waals surface area (Å²) in [6.07, 6.45) is 4.07. The molecule has 20 heavy (non-hydrogen) atoms. The third-order valence-corrected chi connectivity index (χ3v) is 3.05. The highest BCUT2D eigenvalue weighted by Crippen LogP contribution is 2.23. The summed E-state index contributed by atoms with van der Waals surface area (Å²) in [5, 5.41) is 3.28. The molecule has 0 bridgehead atoms. The van der Waals surface area contributed by atoms with Crippen LogP contribution in [0.2, 0.25) is 0 Å². The van der Waals surface area contributed by atoms with Crippen LogP contribution in [-0.2, 0) is 0 Å². The van der Waals surface area contributed by atoms with Gasteiger partial charge < -0.3 is 10.1 Å². The summed E-state index contributed by atoms with van der Waals surface area (Å²) >= 11 is 0. The number of nitrogens with zero attached hydrogens (tertiary/aromatic N) is 2. The second kappa shape index (κ2) is 6.41. The number of anilines is 1. The average Bonchev–Trinajstić information content (AvgIpc) is 2.80. The van der Waals surface area contributed by atoms with Crippen molar-refractivity contribution >= 4 is 5.95 Å². The van der Waals surface area contributed by atoms with Gasteiger partial charge in [0.25, 0.3) is 0 Å². The van der Waals surface area contributed by atoms with Crippen LogP contribution < -0.4 is 10.1 Å². The number of aromatic nitrogens is 2. The van der Waals surface area contributed by atoms with Crippen molar-refractivity contribution in [3.8, 4) is 11.4 Å². The zero-order chi connectivity index (χ0) is 14.5. The molecular weight excluding hydrogens is 257 g/mol. The fourth-order valence-corrected chi connectivity index (χ4v) is 2.00. The minimum Gasteiger partial charge on any atom is -0.494 e. The van der Waals surface area contributed by atoms with Crippen molar-refractivity contribution in [1.82, 2.24) is 9.55 Å². The maximum atomic E-state index is 13.8. The van der Waals surface area contributed by atoms with Gasteiger partial charge in [-0.25, -0.2) is 9.37 Å². The molecule has 2 aromatic rings. The van der Waals surface area contributed by atoms with Crippen LogP contribution in [0.15, 0.2) is 24.4 Å². The molecule has 0 saturated heterocycles. The third kappa shape index (κ3) is 3.10. The second-order valence-corrected chi connectivity index (χ2v) is 4.68. The molecule has 4 nitrogen and oxygen atoms in total. The number of nitrogens with one attached hydrogen (secondary N) is 1. The van der Waals surface area contributed by atoms with Crippen LogP contribution in [0.4, 0.5) is 10.3 Å². The van der Waals surface area contributed by atoms with E-state index in [1.54, 1.807) is 6.07 Å². The van der Waals surface area contributed by atoms with Crippen molar-refractivity contribution in [2.24, 2.45) is 0 Å². The van der Waals surface area contributed by atoms with Crippen LogP contribution in [0, 0.1) is 12.7 Å². The van der Waals surface area contributed by atoms with Gasteiger partial charge in [-0.1, -0.05) is 13.3 Å². The van der Waals surface area contributed by atoms with Gasteiger partial charge in [-0.05, 0) is 25.5 Å². The summed E-state index contributed by atoms with van der Waals surface area (Å²) in [6.45, 7) is 4.91. The number of aryl methyl sites for hydroxylation is 1. The SMILES string of the molecule is CCCCNc1nc(C)cn1-c1ccc(OC)c(F)c1. The number of hydrogen-bond acceptors (Lipinski definition) is 3. The number of rotatable bonds is 6. The molecule has 0 fully saturated rings. The number of unbranched alkanes of at least 4 members (excludes halogenated alkanes) is 1. The zero-order valence-corrected chi connectivity index (χ0v) is 12.1. The van der Waals surface area contributed by atoms with E-state index in [4.69, 9.17) is 4.74 Å². The van der Waals surface area contributed by atoms with Crippen LogP contribution in [0.3, 0.4) is 0 Å². The van der Waals surface area contributed by atoms with Gasteiger partial charge in [0.05, 0.1) is 18.5 Å². The molecule has 1 aromatic heterocycles. The van der Waals surface area contributed by atoms with Crippen molar-refractivity contribution in [3.05, 3.63) is 35.9 Å². The largest absolute Gasteiger partial charge is 0.494 e. The predicted octanol–water partition coefficient (Wildman–Crippen LogP) is 3.54. The number of ether oxygens (including phenoxy) is 1. The van der Waals surface area contributed by atoms with Crippen LogP contribution in [0.5, 0.6) is 5.75 Å². The lowest BCUT2D eigenvalue weighted by Gasteiger charge is -2.10. The lowest BCUT2D eigenvalue weighted by atomic mass is 10.3. The monoisotopic (exact) mass is 277 g/mol. The molecule has 5 heteroatoms. The molecule has 0 saturated carbocycles. The van der Waals surface area contributed by atoms with E-state index in [0.717, 1.165) is 36.7 Å². The van der Waals surface area contributed by atoms with Crippen molar-refractivity contribution in [2.75, 3.05) is 19.0 Å².